The third-order valence-corrected chi connectivity index (χ3v) is 3.91. The first-order chi connectivity index (χ1) is 13.0. The molecule has 5 nitrogen and oxygen atoms in total. The molecule has 0 aliphatic carbocycles. The highest BCUT2D eigenvalue weighted by Gasteiger charge is 2.06. The Morgan fingerprint density at radius 3 is 2.37 bits per heavy atom. The Labute approximate surface area is 156 Å². The van der Waals surface area contributed by atoms with Gasteiger partial charge in [0.05, 0.1) is 7.11 Å². The van der Waals surface area contributed by atoms with Gasteiger partial charge in [-0.1, -0.05) is 12.1 Å². The number of aromatic nitrogens is 2. The first-order valence-corrected chi connectivity index (χ1v) is 8.48. The van der Waals surface area contributed by atoms with Crippen molar-refractivity contribution < 1.29 is 13.5 Å². The maximum atomic E-state index is 13.3. The summed E-state index contributed by atoms with van der Waals surface area (Å²) in [4.78, 5) is 8.62. The first-order valence-electron chi connectivity index (χ1n) is 8.48. The van der Waals surface area contributed by atoms with Gasteiger partial charge in [0.2, 0.25) is 0 Å². The maximum Gasteiger partial charge on any atom is 0.160 e. The molecule has 2 N–H and O–H groups in total. The van der Waals surface area contributed by atoms with Crippen LogP contribution in [0.15, 0.2) is 48.5 Å². The van der Waals surface area contributed by atoms with Crippen LogP contribution in [0.25, 0.3) is 0 Å². The van der Waals surface area contributed by atoms with Gasteiger partial charge in [0, 0.05) is 24.4 Å². The molecule has 3 aromatic rings. The van der Waals surface area contributed by atoms with E-state index in [1.165, 1.54) is 11.6 Å². The number of ether oxygens (including phenoxy) is 1. The number of anilines is 3. The molecule has 0 saturated carbocycles. The van der Waals surface area contributed by atoms with E-state index in [9.17, 15) is 8.78 Å². The number of hydrogen-bond donors (Lipinski definition) is 2. The van der Waals surface area contributed by atoms with Gasteiger partial charge in [-0.15, -0.1) is 0 Å². The zero-order valence-corrected chi connectivity index (χ0v) is 15.1. The number of halogens is 2. The number of methoxy groups -OCH3 is 1. The molecule has 140 valence electrons. The summed E-state index contributed by atoms with van der Waals surface area (Å²) < 4.78 is 31.5. The molecular formula is C20H20F2N4O. The summed E-state index contributed by atoms with van der Waals surface area (Å²) in [5.74, 6) is 0.742. The van der Waals surface area contributed by atoms with Crippen molar-refractivity contribution in [3.8, 4) is 5.75 Å². The van der Waals surface area contributed by atoms with Crippen LogP contribution >= 0.6 is 0 Å². The summed E-state index contributed by atoms with van der Waals surface area (Å²) in [7, 11) is 1.64. The molecule has 0 fully saturated rings. The van der Waals surface area contributed by atoms with Crippen LogP contribution in [0.2, 0.25) is 0 Å². The van der Waals surface area contributed by atoms with Crippen molar-refractivity contribution in [1.82, 2.24) is 9.97 Å². The Morgan fingerprint density at radius 1 is 0.926 bits per heavy atom. The summed E-state index contributed by atoms with van der Waals surface area (Å²) in [6.45, 7) is 2.46. The standard InChI is InChI=1S/C20H20F2N4O/c1-13-24-19(23-10-9-14-3-6-16(27-2)7-4-14)12-20(25-13)26-15-5-8-17(21)18(22)11-15/h3-8,11-12H,9-10H2,1-2H3,(H2,23,24,25,26). The van der Waals surface area contributed by atoms with Crippen molar-refractivity contribution in [2.45, 2.75) is 13.3 Å². The van der Waals surface area contributed by atoms with E-state index in [4.69, 9.17) is 4.74 Å². The van der Waals surface area contributed by atoms with E-state index >= 15 is 0 Å². The smallest absolute Gasteiger partial charge is 0.160 e. The molecule has 2 aromatic carbocycles. The van der Waals surface area contributed by atoms with Gasteiger partial charge in [0.1, 0.15) is 23.2 Å². The van der Waals surface area contributed by atoms with Gasteiger partial charge in [0.25, 0.3) is 0 Å². The Morgan fingerprint density at radius 2 is 1.67 bits per heavy atom. The van der Waals surface area contributed by atoms with Crippen LogP contribution in [0.5, 0.6) is 5.75 Å². The molecule has 1 heterocycles. The molecule has 0 saturated heterocycles. The van der Waals surface area contributed by atoms with E-state index < -0.39 is 11.6 Å². The Kier molecular flexibility index (Phi) is 5.80. The summed E-state index contributed by atoms with van der Waals surface area (Å²) in [6.07, 6.45) is 0.818. The minimum absolute atomic E-state index is 0.413. The SMILES string of the molecule is COc1ccc(CCNc2cc(Nc3ccc(F)c(F)c3)nc(C)n2)cc1. The third kappa shape index (κ3) is 5.13. The Hall–Kier alpha value is -3.22. The fourth-order valence-corrected chi connectivity index (χ4v) is 2.57. The second-order valence-corrected chi connectivity index (χ2v) is 5.96. The lowest BCUT2D eigenvalue weighted by molar-refractivity contribution is 0.414. The van der Waals surface area contributed by atoms with E-state index in [1.54, 1.807) is 20.1 Å². The topological polar surface area (TPSA) is 59.1 Å². The van der Waals surface area contributed by atoms with Crippen LogP contribution in [-0.2, 0) is 6.42 Å². The molecule has 3 rings (SSSR count). The van der Waals surface area contributed by atoms with Gasteiger partial charge < -0.3 is 15.4 Å². The van der Waals surface area contributed by atoms with Crippen molar-refractivity contribution in [2.24, 2.45) is 0 Å². The third-order valence-electron chi connectivity index (χ3n) is 3.91. The average Bonchev–Trinajstić information content (AvgIpc) is 2.65. The van der Waals surface area contributed by atoms with Crippen molar-refractivity contribution in [2.75, 3.05) is 24.3 Å². The van der Waals surface area contributed by atoms with E-state index in [1.807, 2.05) is 24.3 Å². The zero-order valence-electron chi connectivity index (χ0n) is 15.1. The molecule has 0 atom stereocenters. The van der Waals surface area contributed by atoms with Gasteiger partial charge >= 0.3 is 0 Å². The van der Waals surface area contributed by atoms with Gasteiger partial charge in [-0.25, -0.2) is 18.7 Å². The molecule has 7 heteroatoms. The average molecular weight is 370 g/mol. The van der Waals surface area contributed by atoms with E-state index in [-0.39, 0.29) is 0 Å². The molecular weight excluding hydrogens is 350 g/mol. The number of rotatable bonds is 7. The van der Waals surface area contributed by atoms with E-state index in [0.29, 0.717) is 29.7 Å². The van der Waals surface area contributed by atoms with Crippen molar-refractivity contribution in [1.29, 1.82) is 0 Å². The van der Waals surface area contributed by atoms with E-state index in [0.717, 1.165) is 24.3 Å². The Balaban J connectivity index is 1.62. The number of benzene rings is 2. The highest BCUT2D eigenvalue weighted by Crippen LogP contribution is 2.20. The minimum Gasteiger partial charge on any atom is -0.497 e. The van der Waals surface area contributed by atoms with Crippen LogP contribution in [-0.4, -0.2) is 23.6 Å². The molecule has 1 aromatic heterocycles. The molecule has 0 bridgehead atoms. The Bertz CT molecular complexity index is 916. The number of hydrogen-bond acceptors (Lipinski definition) is 5. The van der Waals surface area contributed by atoms with Gasteiger partial charge in [-0.2, -0.15) is 0 Å². The van der Waals surface area contributed by atoms with Crippen molar-refractivity contribution in [3.05, 3.63) is 71.6 Å². The highest BCUT2D eigenvalue weighted by molar-refractivity contribution is 5.59. The monoisotopic (exact) mass is 370 g/mol. The molecule has 0 amide bonds. The molecule has 0 aliphatic rings. The van der Waals surface area contributed by atoms with Gasteiger partial charge in [-0.3, -0.25) is 0 Å². The lowest BCUT2D eigenvalue weighted by Gasteiger charge is -2.11. The molecule has 0 radical (unpaired) electrons. The number of nitrogens with zero attached hydrogens (tertiary/aromatic N) is 2. The quantitative estimate of drug-likeness (QED) is 0.643. The summed E-state index contributed by atoms with van der Waals surface area (Å²) >= 11 is 0. The highest BCUT2D eigenvalue weighted by atomic mass is 19.2. The maximum absolute atomic E-state index is 13.3. The van der Waals surface area contributed by atoms with Gasteiger partial charge in [0.15, 0.2) is 11.6 Å². The number of aryl methyl sites for hydroxylation is 1. The second kappa shape index (κ2) is 8.44. The predicted octanol–water partition coefficient (Wildman–Crippen LogP) is 4.47. The van der Waals surface area contributed by atoms with Crippen LogP contribution in [0, 0.1) is 18.6 Å². The molecule has 0 aliphatic heterocycles. The predicted molar refractivity (Wildman–Crippen MR) is 102 cm³/mol. The molecule has 0 spiro atoms. The lowest BCUT2D eigenvalue weighted by atomic mass is 10.1. The normalized spacial score (nSPS) is 10.5. The molecule has 0 unspecified atom stereocenters. The summed E-state index contributed by atoms with van der Waals surface area (Å²) in [6, 6.07) is 13.2. The molecule has 27 heavy (non-hydrogen) atoms. The van der Waals surface area contributed by atoms with Crippen LogP contribution < -0.4 is 15.4 Å². The summed E-state index contributed by atoms with van der Waals surface area (Å²) in [5.41, 5.74) is 1.59. The summed E-state index contributed by atoms with van der Waals surface area (Å²) in [5, 5.41) is 6.22. The van der Waals surface area contributed by atoms with Gasteiger partial charge in [-0.05, 0) is 43.2 Å². The zero-order chi connectivity index (χ0) is 19.2. The van der Waals surface area contributed by atoms with Crippen molar-refractivity contribution in [3.63, 3.8) is 0 Å². The fourth-order valence-electron chi connectivity index (χ4n) is 2.57. The van der Waals surface area contributed by atoms with E-state index in [2.05, 4.69) is 20.6 Å². The lowest BCUT2D eigenvalue weighted by Crippen LogP contribution is -2.08. The van der Waals surface area contributed by atoms with Crippen LogP contribution in [0.4, 0.5) is 26.1 Å². The van der Waals surface area contributed by atoms with Crippen LogP contribution in [0.1, 0.15) is 11.4 Å². The van der Waals surface area contributed by atoms with Crippen molar-refractivity contribution >= 4 is 17.3 Å². The fraction of sp³-hybridized carbons (Fsp3) is 0.200. The van der Waals surface area contributed by atoms with Crippen LogP contribution in [0.3, 0.4) is 0 Å². The number of nitrogens with one attached hydrogen (secondary N) is 2. The largest absolute Gasteiger partial charge is 0.497 e. The second-order valence-electron chi connectivity index (χ2n) is 5.96. The minimum atomic E-state index is -0.913. The first kappa shape index (κ1) is 18.6.